The molecule has 0 bridgehead atoms. The van der Waals surface area contributed by atoms with Crippen molar-refractivity contribution in [3.8, 4) is 0 Å². The van der Waals surface area contributed by atoms with Crippen LogP contribution < -0.4 is 5.32 Å². The molecule has 5 heteroatoms. The summed E-state index contributed by atoms with van der Waals surface area (Å²) >= 11 is 5.87. The zero-order valence-electron chi connectivity index (χ0n) is 12.4. The van der Waals surface area contributed by atoms with Crippen LogP contribution in [0.4, 0.5) is 0 Å². The average Bonchev–Trinajstić information content (AvgIpc) is 2.39. The average molecular weight is 318 g/mol. The summed E-state index contributed by atoms with van der Waals surface area (Å²) in [7, 11) is -1.06. The van der Waals surface area contributed by atoms with E-state index in [1.165, 1.54) is 5.56 Å². The van der Waals surface area contributed by atoms with Crippen molar-refractivity contribution in [3.05, 3.63) is 34.9 Å². The van der Waals surface area contributed by atoms with Gasteiger partial charge < -0.3 is 5.32 Å². The van der Waals surface area contributed by atoms with Gasteiger partial charge in [-0.05, 0) is 63.9 Å². The lowest BCUT2D eigenvalue weighted by Crippen LogP contribution is -2.25. The maximum absolute atomic E-state index is 11.9. The number of halogens is 1. The Labute approximate surface area is 127 Å². The van der Waals surface area contributed by atoms with E-state index in [1.54, 1.807) is 13.8 Å². The largest absolute Gasteiger partial charge is 0.319 e. The lowest BCUT2D eigenvalue weighted by Gasteiger charge is -2.17. The van der Waals surface area contributed by atoms with Crippen LogP contribution in [0.5, 0.6) is 0 Å². The fourth-order valence-electron chi connectivity index (χ4n) is 2.09. The summed E-state index contributed by atoms with van der Waals surface area (Å²) in [6.07, 6.45) is 1.55. The van der Waals surface area contributed by atoms with Crippen molar-refractivity contribution in [2.45, 2.75) is 31.9 Å². The van der Waals surface area contributed by atoms with Crippen LogP contribution in [0.25, 0.3) is 0 Å². The molecule has 0 amide bonds. The minimum atomic E-state index is -2.96. The first-order valence-corrected chi connectivity index (χ1v) is 9.05. The fraction of sp³-hybridized carbons (Fsp3) is 0.600. The van der Waals surface area contributed by atoms with Crippen LogP contribution in [-0.2, 0) is 16.3 Å². The zero-order chi connectivity index (χ0) is 15.2. The van der Waals surface area contributed by atoms with E-state index in [4.69, 9.17) is 11.6 Å². The molecule has 0 aliphatic rings. The molecule has 20 heavy (non-hydrogen) atoms. The van der Waals surface area contributed by atoms with Crippen LogP contribution in [0, 0.1) is 5.92 Å². The SMILES string of the molecule is CNCC(CCS(=O)(=O)C(C)C)Cc1ccc(Cl)cc1. The number of hydrogen-bond acceptors (Lipinski definition) is 3. The smallest absolute Gasteiger partial charge is 0.152 e. The van der Waals surface area contributed by atoms with E-state index in [0.29, 0.717) is 12.3 Å². The van der Waals surface area contributed by atoms with Crippen LogP contribution in [0.1, 0.15) is 25.8 Å². The lowest BCUT2D eigenvalue weighted by atomic mass is 9.97. The Hall–Kier alpha value is -0.580. The Kier molecular flexibility index (Phi) is 7.00. The maximum atomic E-state index is 11.9. The van der Waals surface area contributed by atoms with Gasteiger partial charge in [0.05, 0.1) is 11.0 Å². The van der Waals surface area contributed by atoms with Crippen LogP contribution in [0.2, 0.25) is 5.02 Å². The van der Waals surface area contributed by atoms with E-state index in [-0.39, 0.29) is 11.0 Å². The second-order valence-corrected chi connectivity index (χ2v) is 8.57. The van der Waals surface area contributed by atoms with E-state index in [9.17, 15) is 8.42 Å². The molecule has 1 aromatic rings. The molecule has 1 rings (SSSR count). The number of hydrogen-bond donors (Lipinski definition) is 1. The summed E-state index contributed by atoms with van der Waals surface area (Å²) < 4.78 is 23.8. The van der Waals surface area contributed by atoms with Gasteiger partial charge in [-0.1, -0.05) is 23.7 Å². The molecule has 0 heterocycles. The van der Waals surface area contributed by atoms with Crippen molar-refractivity contribution in [3.63, 3.8) is 0 Å². The molecule has 1 aromatic carbocycles. The quantitative estimate of drug-likeness (QED) is 0.802. The van der Waals surface area contributed by atoms with Gasteiger partial charge in [0.25, 0.3) is 0 Å². The van der Waals surface area contributed by atoms with E-state index in [0.717, 1.165) is 18.0 Å². The standard InChI is InChI=1S/C15H24ClNO2S/c1-12(2)20(18,19)9-8-14(11-17-3)10-13-4-6-15(16)7-5-13/h4-7,12,14,17H,8-11H2,1-3H3. The minimum Gasteiger partial charge on any atom is -0.319 e. The Bertz CT molecular complexity index is 497. The fourth-order valence-corrected chi connectivity index (χ4v) is 3.34. The third kappa shape index (κ3) is 5.81. The second kappa shape index (κ2) is 8.01. The lowest BCUT2D eigenvalue weighted by molar-refractivity contribution is 0.477. The highest BCUT2D eigenvalue weighted by Gasteiger charge is 2.19. The molecule has 1 unspecified atom stereocenters. The molecule has 1 N–H and O–H groups in total. The summed E-state index contributed by atoms with van der Waals surface area (Å²) in [5, 5.41) is 3.57. The summed E-state index contributed by atoms with van der Waals surface area (Å²) in [5.41, 5.74) is 1.19. The third-order valence-electron chi connectivity index (χ3n) is 3.46. The van der Waals surface area contributed by atoms with E-state index in [2.05, 4.69) is 5.32 Å². The van der Waals surface area contributed by atoms with Crippen LogP contribution in [0.3, 0.4) is 0 Å². The first-order chi connectivity index (χ1) is 9.35. The van der Waals surface area contributed by atoms with Crippen molar-refractivity contribution in [1.82, 2.24) is 5.32 Å². The topological polar surface area (TPSA) is 46.2 Å². The Morgan fingerprint density at radius 2 is 1.80 bits per heavy atom. The first-order valence-electron chi connectivity index (χ1n) is 6.95. The molecule has 114 valence electrons. The summed E-state index contributed by atoms with van der Waals surface area (Å²) in [4.78, 5) is 0. The molecule has 0 radical (unpaired) electrons. The van der Waals surface area contributed by atoms with Gasteiger partial charge in [0.1, 0.15) is 0 Å². The number of sulfone groups is 1. The maximum Gasteiger partial charge on any atom is 0.152 e. The van der Waals surface area contributed by atoms with Gasteiger partial charge >= 0.3 is 0 Å². The van der Waals surface area contributed by atoms with Crippen LogP contribution in [0.15, 0.2) is 24.3 Å². The Morgan fingerprint density at radius 3 is 2.30 bits per heavy atom. The molecule has 0 saturated carbocycles. The van der Waals surface area contributed by atoms with E-state index < -0.39 is 9.84 Å². The molecule has 0 spiro atoms. The minimum absolute atomic E-state index is 0.255. The highest BCUT2D eigenvalue weighted by molar-refractivity contribution is 7.91. The van der Waals surface area contributed by atoms with Gasteiger partial charge in [0, 0.05) is 5.02 Å². The Morgan fingerprint density at radius 1 is 1.20 bits per heavy atom. The highest BCUT2D eigenvalue weighted by atomic mass is 35.5. The molecular formula is C15H24ClNO2S. The zero-order valence-corrected chi connectivity index (χ0v) is 14.0. The van der Waals surface area contributed by atoms with Gasteiger partial charge in [0.2, 0.25) is 0 Å². The number of nitrogens with one attached hydrogen (secondary N) is 1. The van der Waals surface area contributed by atoms with Crippen molar-refractivity contribution in [1.29, 1.82) is 0 Å². The summed E-state index contributed by atoms with van der Waals surface area (Å²) in [6.45, 7) is 4.29. The summed E-state index contributed by atoms with van der Waals surface area (Å²) in [5.74, 6) is 0.569. The predicted octanol–water partition coefficient (Wildman–Crippen LogP) is 2.93. The number of rotatable bonds is 8. The molecule has 3 nitrogen and oxygen atoms in total. The number of benzene rings is 1. The molecular weight excluding hydrogens is 294 g/mol. The van der Waals surface area contributed by atoms with E-state index >= 15 is 0 Å². The molecule has 0 saturated heterocycles. The first kappa shape index (κ1) is 17.5. The van der Waals surface area contributed by atoms with Crippen molar-refractivity contribution in [2.24, 2.45) is 5.92 Å². The summed E-state index contributed by atoms with van der Waals surface area (Å²) in [6, 6.07) is 7.75. The van der Waals surface area contributed by atoms with E-state index in [1.807, 2.05) is 31.3 Å². The van der Waals surface area contributed by atoms with Crippen molar-refractivity contribution < 1.29 is 8.42 Å². The van der Waals surface area contributed by atoms with Crippen LogP contribution in [-0.4, -0.2) is 33.0 Å². The third-order valence-corrected chi connectivity index (χ3v) is 5.95. The van der Waals surface area contributed by atoms with Gasteiger partial charge in [-0.25, -0.2) is 8.42 Å². The van der Waals surface area contributed by atoms with Crippen molar-refractivity contribution in [2.75, 3.05) is 19.3 Å². The predicted molar refractivity (Wildman–Crippen MR) is 86.1 cm³/mol. The monoisotopic (exact) mass is 317 g/mol. The molecule has 0 aromatic heterocycles. The molecule has 1 atom stereocenters. The molecule has 0 aliphatic carbocycles. The Balaban J connectivity index is 2.63. The van der Waals surface area contributed by atoms with Gasteiger partial charge in [-0.2, -0.15) is 0 Å². The van der Waals surface area contributed by atoms with Crippen LogP contribution >= 0.6 is 11.6 Å². The molecule has 0 fully saturated rings. The second-order valence-electron chi connectivity index (χ2n) is 5.46. The normalized spacial score (nSPS) is 13.7. The molecule has 0 aliphatic heterocycles. The van der Waals surface area contributed by atoms with Gasteiger partial charge in [-0.15, -0.1) is 0 Å². The van der Waals surface area contributed by atoms with Gasteiger partial charge in [-0.3, -0.25) is 0 Å². The van der Waals surface area contributed by atoms with Crippen molar-refractivity contribution >= 4 is 21.4 Å². The van der Waals surface area contributed by atoms with Gasteiger partial charge in [0.15, 0.2) is 9.84 Å². The highest BCUT2D eigenvalue weighted by Crippen LogP contribution is 2.17.